The van der Waals surface area contributed by atoms with Gasteiger partial charge in [-0.15, -0.1) is 0 Å². The van der Waals surface area contributed by atoms with E-state index in [9.17, 15) is 33.6 Å². The van der Waals surface area contributed by atoms with Gasteiger partial charge in [0.15, 0.2) is 0 Å². The zero-order chi connectivity index (χ0) is 39.9. The molecule has 302 valence electrons. The largest absolute Gasteiger partial charge is 0.395 e. The average molecular weight is 754 g/mol. The number of nitrogens with zero attached hydrogens (tertiary/aromatic N) is 4. The van der Waals surface area contributed by atoms with Gasteiger partial charge >= 0.3 is 0 Å². The second-order valence-corrected chi connectivity index (χ2v) is 13.6. The Hall–Kier alpha value is -4.32. The van der Waals surface area contributed by atoms with Crippen LogP contribution in [0.5, 0.6) is 0 Å². The van der Waals surface area contributed by atoms with Gasteiger partial charge in [0.25, 0.3) is 5.91 Å². The molecule has 18 nitrogen and oxygen atoms in total. The summed E-state index contributed by atoms with van der Waals surface area (Å²) in [6.45, 7) is 12.6. The Morgan fingerprint density at radius 2 is 1.51 bits per heavy atom. The molecule has 0 aromatic heterocycles. The summed E-state index contributed by atoms with van der Waals surface area (Å²) in [7, 11) is 3.07. The van der Waals surface area contributed by atoms with Crippen LogP contribution < -0.4 is 26.7 Å². The molecule has 1 heterocycles. The first-order valence-corrected chi connectivity index (χ1v) is 18.5. The van der Waals surface area contributed by atoms with Crippen molar-refractivity contribution in [2.24, 2.45) is 22.9 Å². The van der Waals surface area contributed by atoms with Crippen molar-refractivity contribution in [1.82, 2.24) is 41.4 Å². The molecule has 1 unspecified atom stereocenters. The van der Waals surface area contributed by atoms with Gasteiger partial charge in [0.1, 0.15) is 31.5 Å². The second kappa shape index (κ2) is 25.6. The summed E-state index contributed by atoms with van der Waals surface area (Å²) in [4.78, 5) is 103. The molecule has 3 atom stereocenters. The van der Waals surface area contributed by atoms with Crippen LogP contribution in [0.3, 0.4) is 0 Å². The van der Waals surface area contributed by atoms with E-state index in [4.69, 9.17) is 9.68 Å². The zero-order valence-corrected chi connectivity index (χ0v) is 32.8. The summed E-state index contributed by atoms with van der Waals surface area (Å²) in [5.74, 6) is -2.56. The standard InChI is InChI=1S/C35H63N9O9/c1-9-26(6)34(50)43(17-14-39-31(47)23-53-37-8)19-18-42(33(49)25(4)5)16-13-38-29(45)12-20-52-40-22-30(46)41-27(21-24(2)3)35(51)44-15-10-11-28(44)32(48)36-7/h22,24-28,37H,9-21,23H2,1-8H3,(H,36,48)(H,38,45)(H,39,47)(H,41,46)/b40-22-/t26?,27-,28-/m0/s1. The van der Waals surface area contributed by atoms with Crippen LogP contribution in [0.25, 0.3) is 0 Å². The minimum absolute atomic E-state index is 0.0658. The minimum atomic E-state index is -0.841. The third kappa shape index (κ3) is 17.8. The Morgan fingerprint density at radius 3 is 2.08 bits per heavy atom. The fourth-order valence-electron chi connectivity index (χ4n) is 5.54. The lowest BCUT2D eigenvalue weighted by Gasteiger charge is -2.30. The van der Waals surface area contributed by atoms with Crippen LogP contribution in [0, 0.1) is 17.8 Å². The SMILES string of the molecule is CCC(C)C(=O)N(CCNC(=O)CONC)CCN(CCNC(=O)CCO/N=C\C(=O)N[C@@H](CC(C)C)C(=O)N1CCC[C@H]1C(=O)NC)C(=O)C(C)C. The van der Waals surface area contributed by atoms with Gasteiger partial charge in [0.2, 0.25) is 35.4 Å². The van der Waals surface area contributed by atoms with Gasteiger partial charge in [-0.1, -0.05) is 46.7 Å². The maximum Gasteiger partial charge on any atom is 0.266 e. The smallest absolute Gasteiger partial charge is 0.266 e. The number of amides is 7. The van der Waals surface area contributed by atoms with Gasteiger partial charge < -0.3 is 40.8 Å². The fourth-order valence-corrected chi connectivity index (χ4v) is 5.54. The van der Waals surface area contributed by atoms with Gasteiger partial charge in [-0.05, 0) is 31.6 Å². The number of carbonyl (C=O) groups is 7. The Labute approximate surface area is 313 Å². The first kappa shape index (κ1) is 46.7. The van der Waals surface area contributed by atoms with Gasteiger partial charge in [-0.2, -0.15) is 0 Å². The number of rotatable bonds is 25. The lowest BCUT2D eigenvalue weighted by Crippen LogP contribution is -2.53. The molecule has 0 radical (unpaired) electrons. The van der Waals surface area contributed by atoms with Crippen LogP contribution in [0.1, 0.15) is 73.6 Å². The molecule has 53 heavy (non-hydrogen) atoms. The lowest BCUT2D eigenvalue weighted by molar-refractivity contribution is -0.141. The number of carbonyl (C=O) groups excluding carboxylic acids is 7. The highest BCUT2D eigenvalue weighted by Crippen LogP contribution is 2.20. The van der Waals surface area contributed by atoms with E-state index < -0.39 is 18.0 Å². The van der Waals surface area contributed by atoms with Crippen molar-refractivity contribution in [3.8, 4) is 0 Å². The number of hydrogen-bond donors (Lipinski definition) is 5. The van der Waals surface area contributed by atoms with Crippen molar-refractivity contribution in [2.45, 2.75) is 85.7 Å². The zero-order valence-electron chi connectivity index (χ0n) is 32.8. The maximum atomic E-state index is 13.3. The summed E-state index contributed by atoms with van der Waals surface area (Å²) in [6, 6.07) is -1.41. The monoisotopic (exact) mass is 753 g/mol. The van der Waals surface area contributed by atoms with Crippen LogP contribution in [-0.2, 0) is 43.2 Å². The number of nitrogens with one attached hydrogen (secondary N) is 5. The molecule has 0 aromatic rings. The first-order chi connectivity index (χ1) is 25.2. The van der Waals surface area contributed by atoms with E-state index >= 15 is 0 Å². The summed E-state index contributed by atoms with van der Waals surface area (Å²) in [6.07, 6.45) is 3.10. The average Bonchev–Trinajstić information content (AvgIpc) is 3.62. The van der Waals surface area contributed by atoms with Crippen molar-refractivity contribution in [2.75, 3.05) is 73.1 Å². The van der Waals surface area contributed by atoms with E-state index in [1.807, 2.05) is 27.7 Å². The topological polar surface area (TPSA) is 220 Å². The molecule has 1 aliphatic heterocycles. The van der Waals surface area contributed by atoms with Crippen molar-refractivity contribution in [3.63, 3.8) is 0 Å². The predicted octanol–water partition coefficient (Wildman–Crippen LogP) is -0.610. The van der Waals surface area contributed by atoms with E-state index in [1.54, 1.807) is 30.7 Å². The molecule has 0 aromatic carbocycles. The molecule has 5 N–H and O–H groups in total. The normalized spacial score (nSPS) is 15.2. The lowest BCUT2D eigenvalue weighted by atomic mass is 10.0. The minimum Gasteiger partial charge on any atom is -0.395 e. The first-order valence-electron chi connectivity index (χ1n) is 18.5. The molecule has 1 rings (SSSR count). The van der Waals surface area contributed by atoms with E-state index in [-0.39, 0.29) is 112 Å². The van der Waals surface area contributed by atoms with Crippen LogP contribution in [0.4, 0.5) is 0 Å². The van der Waals surface area contributed by atoms with Gasteiger partial charge in [0, 0.05) is 71.7 Å². The summed E-state index contributed by atoms with van der Waals surface area (Å²) < 4.78 is 0. The molecular formula is C35H63N9O9. The molecule has 7 amide bonds. The van der Waals surface area contributed by atoms with Gasteiger partial charge in [0.05, 0.1) is 6.42 Å². The predicted molar refractivity (Wildman–Crippen MR) is 198 cm³/mol. The van der Waals surface area contributed by atoms with E-state index in [1.165, 1.54) is 11.9 Å². The Kier molecular flexibility index (Phi) is 22.6. The highest BCUT2D eigenvalue weighted by atomic mass is 16.6. The van der Waals surface area contributed by atoms with Crippen LogP contribution >= 0.6 is 0 Å². The number of hydroxylamine groups is 1. The summed E-state index contributed by atoms with van der Waals surface area (Å²) in [5, 5.41) is 14.3. The molecule has 0 bridgehead atoms. The van der Waals surface area contributed by atoms with Crippen molar-refractivity contribution < 1.29 is 43.2 Å². The van der Waals surface area contributed by atoms with Crippen LogP contribution in [0.2, 0.25) is 0 Å². The van der Waals surface area contributed by atoms with E-state index in [2.05, 4.69) is 31.9 Å². The molecule has 0 spiro atoms. The molecule has 0 aliphatic carbocycles. The Morgan fingerprint density at radius 1 is 0.887 bits per heavy atom. The van der Waals surface area contributed by atoms with Crippen molar-refractivity contribution in [1.29, 1.82) is 0 Å². The number of likely N-dealkylation sites (tertiary alicyclic amines) is 1. The third-order valence-electron chi connectivity index (χ3n) is 8.62. The maximum absolute atomic E-state index is 13.3. The number of hydrogen-bond acceptors (Lipinski definition) is 11. The fraction of sp³-hybridized carbons (Fsp3) is 0.771. The Balaban J connectivity index is 2.63. The van der Waals surface area contributed by atoms with Crippen molar-refractivity contribution in [3.05, 3.63) is 0 Å². The number of oxime groups is 1. The van der Waals surface area contributed by atoms with E-state index in [0.717, 1.165) is 6.21 Å². The third-order valence-corrected chi connectivity index (χ3v) is 8.62. The molecule has 1 fully saturated rings. The molecule has 18 heteroatoms. The van der Waals surface area contributed by atoms with Gasteiger partial charge in [-0.25, -0.2) is 5.48 Å². The number of likely N-dealkylation sites (N-methyl/N-ethyl adjacent to an activating group) is 1. The quantitative estimate of drug-likeness (QED) is 0.0452. The highest BCUT2D eigenvalue weighted by molar-refractivity contribution is 6.26. The summed E-state index contributed by atoms with van der Waals surface area (Å²) >= 11 is 0. The molecule has 1 saturated heterocycles. The molecular weight excluding hydrogens is 690 g/mol. The highest BCUT2D eigenvalue weighted by Gasteiger charge is 2.37. The Bertz CT molecular complexity index is 1230. The van der Waals surface area contributed by atoms with Crippen LogP contribution in [0.15, 0.2) is 5.16 Å². The van der Waals surface area contributed by atoms with E-state index in [0.29, 0.717) is 32.2 Å². The van der Waals surface area contributed by atoms with Crippen LogP contribution in [-0.4, -0.2) is 147 Å². The summed E-state index contributed by atoms with van der Waals surface area (Å²) in [5.41, 5.74) is 2.42. The molecule has 0 saturated carbocycles. The second-order valence-electron chi connectivity index (χ2n) is 13.6. The van der Waals surface area contributed by atoms with Gasteiger partial charge in [-0.3, -0.25) is 38.4 Å². The van der Waals surface area contributed by atoms with Crippen molar-refractivity contribution >= 4 is 47.6 Å². The molecule has 1 aliphatic rings.